The largest absolute Gasteiger partial charge is 0.497 e. The molecule has 0 saturated carbocycles. The molecule has 5 rings (SSSR count). The van der Waals surface area contributed by atoms with Gasteiger partial charge in [0.25, 0.3) is 0 Å². The summed E-state index contributed by atoms with van der Waals surface area (Å²) in [5.74, 6) is 1.89. The van der Waals surface area contributed by atoms with Crippen molar-refractivity contribution in [2.24, 2.45) is 17.8 Å². The summed E-state index contributed by atoms with van der Waals surface area (Å²) in [4.78, 5) is 29.7. The molecule has 2 saturated heterocycles. The lowest BCUT2D eigenvalue weighted by molar-refractivity contribution is -0.135. The van der Waals surface area contributed by atoms with Crippen LogP contribution < -0.4 is 4.74 Å². The second kappa shape index (κ2) is 7.46. The molecular formula is C25H28N2O3. The Balaban J connectivity index is 1.34. The molecule has 2 fully saturated rings. The third-order valence-electron chi connectivity index (χ3n) is 7.24. The van der Waals surface area contributed by atoms with Gasteiger partial charge in [-0.15, -0.1) is 0 Å². The van der Waals surface area contributed by atoms with E-state index >= 15 is 0 Å². The fraction of sp³-hybridized carbons (Fsp3) is 0.440. The van der Waals surface area contributed by atoms with Gasteiger partial charge in [0, 0.05) is 44.3 Å². The van der Waals surface area contributed by atoms with Crippen LogP contribution in [0.5, 0.6) is 5.75 Å². The first-order valence-electron chi connectivity index (χ1n) is 10.8. The van der Waals surface area contributed by atoms with Crippen molar-refractivity contribution >= 4 is 11.8 Å². The van der Waals surface area contributed by atoms with Gasteiger partial charge < -0.3 is 14.5 Å². The van der Waals surface area contributed by atoms with Gasteiger partial charge in [0.15, 0.2) is 0 Å². The zero-order valence-corrected chi connectivity index (χ0v) is 17.6. The van der Waals surface area contributed by atoms with E-state index in [-0.39, 0.29) is 29.7 Å². The highest BCUT2D eigenvalue weighted by Crippen LogP contribution is 2.45. The van der Waals surface area contributed by atoms with E-state index in [1.807, 2.05) is 17.0 Å². The summed E-state index contributed by atoms with van der Waals surface area (Å²) in [7, 11) is 1.66. The highest BCUT2D eigenvalue weighted by Gasteiger charge is 2.50. The van der Waals surface area contributed by atoms with Crippen LogP contribution in [0.2, 0.25) is 0 Å². The molecule has 2 heterocycles. The molecule has 2 amide bonds. The first kappa shape index (κ1) is 19.2. The number of ether oxygens (including phenoxy) is 1. The van der Waals surface area contributed by atoms with Crippen LogP contribution in [0.25, 0.3) is 0 Å². The number of rotatable bonds is 3. The molecule has 2 aliphatic heterocycles. The van der Waals surface area contributed by atoms with Crippen LogP contribution >= 0.6 is 0 Å². The number of nitrogens with zero attached hydrogens (tertiary/aromatic N) is 2. The van der Waals surface area contributed by atoms with Crippen molar-refractivity contribution in [2.75, 3.05) is 26.7 Å². The van der Waals surface area contributed by atoms with Gasteiger partial charge in [-0.25, -0.2) is 0 Å². The molecule has 2 aromatic rings. The van der Waals surface area contributed by atoms with Crippen LogP contribution in [0.1, 0.15) is 29.7 Å². The Labute approximate surface area is 177 Å². The summed E-state index contributed by atoms with van der Waals surface area (Å²) in [5, 5.41) is 0. The zero-order valence-electron chi connectivity index (χ0n) is 17.6. The lowest BCUT2D eigenvalue weighted by Gasteiger charge is -2.30. The Hall–Kier alpha value is -2.82. The standard InChI is InChI=1S/C25H28N2O3/c1-16(28)27-14-21-13-26(25(29)20-11-18-5-3-4-6-19(18)12-20)15-23(21)24(27)17-7-9-22(30-2)10-8-17/h3-10,20-21,23-24H,11-15H2,1-2H3/t21-,23-,24+/m1/s1. The van der Waals surface area contributed by atoms with Gasteiger partial charge in [-0.05, 0) is 41.7 Å². The Morgan fingerprint density at radius 2 is 1.60 bits per heavy atom. The number of methoxy groups -OCH3 is 1. The van der Waals surface area contributed by atoms with E-state index in [1.54, 1.807) is 14.0 Å². The van der Waals surface area contributed by atoms with Crippen molar-refractivity contribution in [1.82, 2.24) is 9.80 Å². The van der Waals surface area contributed by atoms with Gasteiger partial charge in [-0.1, -0.05) is 36.4 Å². The Bertz CT molecular complexity index is 946. The van der Waals surface area contributed by atoms with E-state index in [4.69, 9.17) is 4.74 Å². The Kier molecular flexibility index (Phi) is 4.76. The number of hydrogen-bond acceptors (Lipinski definition) is 3. The summed E-state index contributed by atoms with van der Waals surface area (Å²) < 4.78 is 5.29. The van der Waals surface area contributed by atoms with Crippen molar-refractivity contribution < 1.29 is 14.3 Å². The molecule has 156 valence electrons. The molecule has 2 aromatic carbocycles. The average molecular weight is 405 g/mol. The highest BCUT2D eigenvalue weighted by atomic mass is 16.5. The van der Waals surface area contributed by atoms with Crippen LogP contribution in [0.4, 0.5) is 0 Å². The maximum absolute atomic E-state index is 13.3. The maximum atomic E-state index is 13.3. The number of carbonyl (C=O) groups excluding carboxylic acids is 2. The highest BCUT2D eigenvalue weighted by molar-refractivity contribution is 5.81. The minimum absolute atomic E-state index is 0.0250. The summed E-state index contributed by atoms with van der Waals surface area (Å²) in [5.41, 5.74) is 3.75. The third kappa shape index (κ3) is 3.17. The minimum atomic E-state index is 0.0250. The Morgan fingerprint density at radius 3 is 2.20 bits per heavy atom. The van der Waals surface area contributed by atoms with E-state index in [2.05, 4.69) is 41.3 Å². The van der Waals surface area contributed by atoms with Gasteiger partial charge >= 0.3 is 0 Å². The molecule has 0 spiro atoms. The first-order valence-corrected chi connectivity index (χ1v) is 10.8. The van der Waals surface area contributed by atoms with Crippen LogP contribution in [-0.2, 0) is 22.4 Å². The number of fused-ring (bicyclic) bond motifs is 2. The van der Waals surface area contributed by atoms with Crippen molar-refractivity contribution in [3.05, 3.63) is 65.2 Å². The number of amides is 2. The number of likely N-dealkylation sites (tertiary alicyclic amines) is 2. The summed E-state index contributed by atoms with van der Waals surface area (Å²) in [6, 6.07) is 16.4. The van der Waals surface area contributed by atoms with E-state index < -0.39 is 0 Å². The molecule has 0 radical (unpaired) electrons. The molecule has 1 aliphatic carbocycles. The molecule has 3 aliphatic rings. The number of carbonyl (C=O) groups is 2. The van der Waals surface area contributed by atoms with Crippen LogP contribution in [-0.4, -0.2) is 48.4 Å². The number of benzene rings is 2. The monoisotopic (exact) mass is 404 g/mol. The van der Waals surface area contributed by atoms with E-state index in [0.717, 1.165) is 43.8 Å². The topological polar surface area (TPSA) is 49.9 Å². The Morgan fingerprint density at radius 1 is 0.933 bits per heavy atom. The predicted octanol–water partition coefficient (Wildman–Crippen LogP) is 3.09. The third-order valence-corrected chi connectivity index (χ3v) is 7.24. The molecule has 0 aromatic heterocycles. The molecule has 5 heteroatoms. The van der Waals surface area contributed by atoms with Gasteiger partial charge in [-0.2, -0.15) is 0 Å². The lowest BCUT2D eigenvalue weighted by Crippen LogP contribution is -2.39. The van der Waals surface area contributed by atoms with Gasteiger partial charge in [0.2, 0.25) is 11.8 Å². The SMILES string of the molecule is COc1ccc([C@H]2[C@@H]3CN(C(=O)C4Cc5ccccc5C4)C[C@@H]3CN2C(C)=O)cc1. The molecule has 30 heavy (non-hydrogen) atoms. The van der Waals surface area contributed by atoms with Crippen LogP contribution in [0.3, 0.4) is 0 Å². The summed E-state index contributed by atoms with van der Waals surface area (Å²) >= 11 is 0. The second-order valence-electron chi connectivity index (χ2n) is 8.93. The molecular weight excluding hydrogens is 376 g/mol. The van der Waals surface area contributed by atoms with Gasteiger partial charge in [0.05, 0.1) is 13.2 Å². The maximum Gasteiger partial charge on any atom is 0.226 e. The summed E-state index contributed by atoms with van der Waals surface area (Å²) in [6.45, 7) is 3.87. The minimum Gasteiger partial charge on any atom is -0.497 e. The van der Waals surface area contributed by atoms with Crippen molar-refractivity contribution in [3.8, 4) is 5.75 Å². The predicted molar refractivity (Wildman–Crippen MR) is 114 cm³/mol. The smallest absolute Gasteiger partial charge is 0.226 e. The van der Waals surface area contributed by atoms with Crippen LogP contribution in [0, 0.1) is 17.8 Å². The lowest BCUT2D eigenvalue weighted by atomic mass is 9.89. The van der Waals surface area contributed by atoms with E-state index in [0.29, 0.717) is 5.92 Å². The number of hydrogen-bond donors (Lipinski definition) is 0. The average Bonchev–Trinajstić information content (AvgIpc) is 3.45. The van der Waals surface area contributed by atoms with Gasteiger partial charge in [-0.3, -0.25) is 9.59 Å². The molecule has 0 bridgehead atoms. The molecule has 5 nitrogen and oxygen atoms in total. The molecule has 0 unspecified atom stereocenters. The fourth-order valence-electron chi connectivity index (χ4n) is 5.77. The normalized spacial score (nSPS) is 25.3. The van der Waals surface area contributed by atoms with E-state index in [9.17, 15) is 9.59 Å². The molecule has 0 N–H and O–H groups in total. The summed E-state index contributed by atoms with van der Waals surface area (Å²) in [6.07, 6.45) is 1.70. The second-order valence-corrected chi connectivity index (χ2v) is 8.93. The van der Waals surface area contributed by atoms with Crippen molar-refractivity contribution in [3.63, 3.8) is 0 Å². The zero-order chi connectivity index (χ0) is 20.8. The van der Waals surface area contributed by atoms with E-state index in [1.165, 1.54) is 11.1 Å². The first-order chi connectivity index (χ1) is 14.5. The molecule has 3 atom stereocenters. The van der Waals surface area contributed by atoms with Crippen molar-refractivity contribution in [2.45, 2.75) is 25.8 Å². The fourth-order valence-corrected chi connectivity index (χ4v) is 5.77. The quantitative estimate of drug-likeness (QED) is 0.790. The van der Waals surface area contributed by atoms with Crippen molar-refractivity contribution in [1.29, 1.82) is 0 Å². The van der Waals surface area contributed by atoms with Gasteiger partial charge in [0.1, 0.15) is 5.75 Å². The van der Waals surface area contributed by atoms with Crippen LogP contribution in [0.15, 0.2) is 48.5 Å².